The number of hydrogen-bond acceptors (Lipinski definition) is 2. The molecule has 0 bridgehead atoms. The van der Waals surface area contributed by atoms with Crippen LogP contribution in [0.5, 0.6) is 0 Å². The highest BCUT2D eigenvalue weighted by molar-refractivity contribution is 9.10. The molecule has 0 radical (unpaired) electrons. The van der Waals surface area contributed by atoms with Crippen molar-refractivity contribution in [1.82, 2.24) is 4.98 Å². The predicted molar refractivity (Wildman–Crippen MR) is 51.2 cm³/mol. The van der Waals surface area contributed by atoms with Crippen LogP contribution in [-0.4, -0.2) is 15.7 Å². The molecular formula is C8H8BrFN2O. The van der Waals surface area contributed by atoms with Crippen LogP contribution < -0.4 is 5.32 Å². The Hall–Kier alpha value is -0.970. The molecule has 1 amide bonds. The van der Waals surface area contributed by atoms with Gasteiger partial charge in [0.25, 0.3) is 0 Å². The summed E-state index contributed by atoms with van der Waals surface area (Å²) in [5, 5.41) is 2.50. The molecule has 1 unspecified atom stereocenters. The summed E-state index contributed by atoms with van der Waals surface area (Å²) in [5.41, 5.74) is 0. The molecule has 1 atom stereocenters. The van der Waals surface area contributed by atoms with Crippen molar-refractivity contribution in [3.05, 3.63) is 24.1 Å². The lowest BCUT2D eigenvalue weighted by Gasteiger charge is -2.04. The van der Waals surface area contributed by atoms with Crippen LogP contribution in [-0.2, 0) is 4.79 Å². The van der Waals surface area contributed by atoms with Gasteiger partial charge in [-0.2, -0.15) is 0 Å². The van der Waals surface area contributed by atoms with Gasteiger partial charge in [0.05, 0.1) is 11.0 Å². The van der Waals surface area contributed by atoms with Gasteiger partial charge in [-0.15, -0.1) is 0 Å². The van der Waals surface area contributed by atoms with E-state index in [9.17, 15) is 9.18 Å². The first-order chi connectivity index (χ1) is 6.09. The number of carbonyl (C=O) groups is 1. The van der Waals surface area contributed by atoms with Gasteiger partial charge in [-0.05, 0) is 19.1 Å². The van der Waals surface area contributed by atoms with Gasteiger partial charge in [0.1, 0.15) is 11.6 Å². The Balaban J connectivity index is 2.65. The lowest BCUT2D eigenvalue weighted by Crippen LogP contribution is -2.20. The molecule has 5 heteroatoms. The normalized spacial score (nSPS) is 12.2. The van der Waals surface area contributed by atoms with E-state index in [1.54, 1.807) is 6.92 Å². The fourth-order valence-electron chi connectivity index (χ4n) is 0.675. The van der Waals surface area contributed by atoms with Gasteiger partial charge in [-0.3, -0.25) is 4.79 Å². The second-order valence-corrected chi connectivity index (χ2v) is 3.84. The maximum Gasteiger partial charge on any atom is 0.239 e. The Morgan fingerprint density at radius 2 is 2.38 bits per heavy atom. The molecule has 1 rings (SSSR count). The van der Waals surface area contributed by atoms with Crippen molar-refractivity contribution in [2.24, 2.45) is 0 Å². The first-order valence-electron chi connectivity index (χ1n) is 3.66. The van der Waals surface area contributed by atoms with E-state index in [4.69, 9.17) is 0 Å². The largest absolute Gasteiger partial charge is 0.310 e. The number of anilines is 1. The maximum atomic E-state index is 12.4. The van der Waals surface area contributed by atoms with Gasteiger partial charge in [-0.25, -0.2) is 9.37 Å². The monoisotopic (exact) mass is 246 g/mol. The first-order valence-corrected chi connectivity index (χ1v) is 4.57. The van der Waals surface area contributed by atoms with Crippen LogP contribution in [0.25, 0.3) is 0 Å². The van der Waals surface area contributed by atoms with Crippen molar-refractivity contribution >= 4 is 27.7 Å². The van der Waals surface area contributed by atoms with Gasteiger partial charge >= 0.3 is 0 Å². The maximum absolute atomic E-state index is 12.4. The number of hydrogen-bond donors (Lipinski definition) is 1. The fraction of sp³-hybridized carbons (Fsp3) is 0.250. The number of alkyl halides is 1. The summed E-state index contributed by atoms with van der Waals surface area (Å²) in [4.78, 5) is 14.5. The smallest absolute Gasteiger partial charge is 0.239 e. The van der Waals surface area contributed by atoms with Crippen molar-refractivity contribution < 1.29 is 9.18 Å². The van der Waals surface area contributed by atoms with E-state index in [0.717, 1.165) is 6.20 Å². The Labute approximate surface area is 83.5 Å². The number of carbonyl (C=O) groups excluding carboxylic acids is 1. The summed E-state index contributed by atoms with van der Waals surface area (Å²) in [5.74, 6) is -0.290. The Bertz CT molecular complexity index is 300. The molecule has 0 spiro atoms. The van der Waals surface area contributed by atoms with Crippen LogP contribution in [0.1, 0.15) is 6.92 Å². The van der Waals surface area contributed by atoms with E-state index in [-0.39, 0.29) is 10.7 Å². The average Bonchev–Trinajstić information content (AvgIpc) is 2.08. The zero-order chi connectivity index (χ0) is 9.84. The number of pyridine rings is 1. The minimum absolute atomic E-state index is 0.209. The van der Waals surface area contributed by atoms with E-state index >= 15 is 0 Å². The first kappa shape index (κ1) is 10.1. The third-order valence-corrected chi connectivity index (χ3v) is 1.76. The molecule has 0 aliphatic rings. The second-order valence-electron chi connectivity index (χ2n) is 2.47. The molecular weight excluding hydrogens is 239 g/mol. The summed E-state index contributed by atoms with van der Waals surface area (Å²) in [6.07, 6.45) is 1.05. The quantitative estimate of drug-likeness (QED) is 0.811. The van der Waals surface area contributed by atoms with Crippen molar-refractivity contribution in [1.29, 1.82) is 0 Å². The van der Waals surface area contributed by atoms with Crippen molar-refractivity contribution in [2.75, 3.05) is 5.32 Å². The standard InChI is InChI=1S/C8H8BrFN2O/c1-5(9)8(13)12-7-3-2-6(10)4-11-7/h2-5H,1H3,(H,11,12,13). The van der Waals surface area contributed by atoms with Gasteiger partial charge < -0.3 is 5.32 Å². The van der Waals surface area contributed by atoms with Crippen molar-refractivity contribution in [2.45, 2.75) is 11.8 Å². The van der Waals surface area contributed by atoms with Gasteiger partial charge in [-0.1, -0.05) is 15.9 Å². The molecule has 0 aliphatic carbocycles. The molecule has 3 nitrogen and oxygen atoms in total. The number of nitrogens with one attached hydrogen (secondary N) is 1. The minimum Gasteiger partial charge on any atom is -0.310 e. The summed E-state index contributed by atoms with van der Waals surface area (Å²) >= 11 is 3.10. The van der Waals surface area contributed by atoms with E-state index in [0.29, 0.717) is 5.82 Å². The molecule has 1 aromatic rings. The molecule has 0 saturated heterocycles. The summed E-state index contributed by atoms with van der Waals surface area (Å²) < 4.78 is 12.4. The molecule has 1 N–H and O–H groups in total. The van der Waals surface area contributed by atoms with E-state index in [2.05, 4.69) is 26.2 Å². The SMILES string of the molecule is CC(Br)C(=O)Nc1ccc(F)cn1. The summed E-state index contributed by atoms with van der Waals surface area (Å²) in [6.45, 7) is 1.69. The third kappa shape index (κ3) is 3.10. The van der Waals surface area contributed by atoms with Crippen molar-refractivity contribution in [3.8, 4) is 0 Å². The molecule has 0 fully saturated rings. The molecule has 0 aliphatic heterocycles. The molecule has 1 heterocycles. The molecule has 0 saturated carbocycles. The van der Waals surface area contributed by atoms with E-state index in [1.165, 1.54) is 12.1 Å². The highest BCUT2D eigenvalue weighted by Crippen LogP contribution is 2.06. The van der Waals surface area contributed by atoms with Crippen LogP contribution in [0.2, 0.25) is 0 Å². The van der Waals surface area contributed by atoms with Gasteiger partial charge in [0, 0.05) is 0 Å². The van der Waals surface area contributed by atoms with Crippen molar-refractivity contribution in [3.63, 3.8) is 0 Å². The number of halogens is 2. The lowest BCUT2D eigenvalue weighted by molar-refractivity contribution is -0.115. The second kappa shape index (κ2) is 4.32. The molecule has 70 valence electrons. The van der Waals surface area contributed by atoms with Crippen LogP contribution in [0.15, 0.2) is 18.3 Å². The highest BCUT2D eigenvalue weighted by Gasteiger charge is 2.08. The molecule has 1 aromatic heterocycles. The third-order valence-electron chi connectivity index (χ3n) is 1.34. The fourth-order valence-corrected chi connectivity index (χ4v) is 0.790. The Kier molecular flexibility index (Phi) is 3.36. The zero-order valence-electron chi connectivity index (χ0n) is 6.92. The Morgan fingerprint density at radius 3 is 2.85 bits per heavy atom. The topological polar surface area (TPSA) is 42.0 Å². The van der Waals surface area contributed by atoms with Crippen LogP contribution >= 0.6 is 15.9 Å². The average molecular weight is 247 g/mol. The Morgan fingerprint density at radius 1 is 1.69 bits per heavy atom. The lowest BCUT2D eigenvalue weighted by atomic mass is 10.4. The molecule has 0 aromatic carbocycles. The van der Waals surface area contributed by atoms with E-state index in [1.807, 2.05) is 0 Å². The summed E-state index contributed by atoms with van der Waals surface area (Å²) in [7, 11) is 0. The molecule has 13 heavy (non-hydrogen) atoms. The van der Waals surface area contributed by atoms with Crippen LogP contribution in [0.3, 0.4) is 0 Å². The van der Waals surface area contributed by atoms with E-state index < -0.39 is 5.82 Å². The number of amides is 1. The minimum atomic E-state index is -0.426. The number of aromatic nitrogens is 1. The number of nitrogens with zero attached hydrogens (tertiary/aromatic N) is 1. The predicted octanol–water partition coefficient (Wildman–Crippen LogP) is 1.94. The van der Waals surface area contributed by atoms with Crippen LogP contribution in [0.4, 0.5) is 10.2 Å². The highest BCUT2D eigenvalue weighted by atomic mass is 79.9. The van der Waals surface area contributed by atoms with Gasteiger partial charge in [0.15, 0.2) is 0 Å². The summed E-state index contributed by atoms with van der Waals surface area (Å²) in [6, 6.07) is 2.64. The van der Waals surface area contributed by atoms with Gasteiger partial charge in [0.2, 0.25) is 5.91 Å². The number of rotatable bonds is 2. The zero-order valence-corrected chi connectivity index (χ0v) is 8.51. The van der Waals surface area contributed by atoms with Crippen LogP contribution in [0, 0.1) is 5.82 Å².